The van der Waals surface area contributed by atoms with Gasteiger partial charge in [0.2, 0.25) is 0 Å². The number of hydrogen-bond acceptors (Lipinski definition) is 0. The monoisotopic (exact) mass is 905 g/mol. The van der Waals surface area contributed by atoms with Gasteiger partial charge in [0.05, 0.1) is 0 Å². The quantitative estimate of drug-likeness (QED) is 0.154. The first kappa shape index (κ1) is 44.2. The second kappa shape index (κ2) is 15.2. The minimum atomic E-state index is -0.0184. The normalized spacial score (nSPS) is 13.1. The fraction of sp³-hybridized carbons (Fsp3) is 0.229. The summed E-state index contributed by atoms with van der Waals surface area (Å²) in [6.45, 7) is 28.3. The van der Waals surface area contributed by atoms with E-state index < -0.39 is 0 Å². The molecule has 2 aliphatic carbocycles. The van der Waals surface area contributed by atoms with Crippen LogP contribution < -0.4 is 0 Å². The first-order valence-corrected chi connectivity index (χ1v) is 25.5. The first-order chi connectivity index (χ1) is 33.3. The van der Waals surface area contributed by atoms with Crippen molar-refractivity contribution in [3.8, 4) is 89.0 Å². The molecule has 0 amide bonds. The molecule has 0 fully saturated rings. The van der Waals surface area contributed by atoms with Crippen molar-refractivity contribution < 1.29 is 0 Å². The molecule has 0 radical (unpaired) electrons. The highest BCUT2D eigenvalue weighted by Gasteiger charge is 2.37. The molecule has 0 spiro atoms. The number of rotatable bonds is 4. The SMILES string of the molecule is CC(C)(C)c1cc(-c2ccc(-c3cc(C(C)(C)C)cc(C(C)(C)C)c3)c3c2-c2ccc4c5c(ccc-3c25)-c2c-4c(-c3ccccc3)c3cc4ccccc4cc3c2-c2ccccc2)cc(C(C)(C)C)c1. The standard InChI is InChI=1S/C70H64/c1-67(2,3)47-33-45(34-48(39-47)68(4,5)6)51-27-28-52(46-35-49(69(7,8)9)40-50(36-46)70(10,11)12)62-54-30-32-56-64-55(31-29-53(61(51)62)63(54)64)65-59(41-21-15-13-16-22-41)57-37-43-25-19-20-26-44(43)38-58(57)60(66(56)65)42-23-17-14-18-24-42/h13-40H,1-12H3. The molecular formula is C70H64. The second-order valence-electron chi connectivity index (χ2n) is 24.6. The van der Waals surface area contributed by atoms with Gasteiger partial charge in [-0.2, -0.15) is 0 Å². The molecule has 0 atom stereocenters. The van der Waals surface area contributed by atoms with Crippen molar-refractivity contribution >= 4 is 32.3 Å². The van der Waals surface area contributed by atoms with Gasteiger partial charge in [0.25, 0.3) is 0 Å². The third-order valence-corrected chi connectivity index (χ3v) is 15.7. The molecule has 0 aromatic heterocycles. The van der Waals surface area contributed by atoms with E-state index in [-0.39, 0.29) is 21.7 Å². The van der Waals surface area contributed by atoms with Crippen molar-refractivity contribution in [2.24, 2.45) is 0 Å². The third-order valence-electron chi connectivity index (χ3n) is 15.7. The lowest BCUT2D eigenvalue weighted by atomic mass is 9.77. The number of hydrogen-bond donors (Lipinski definition) is 0. The molecule has 2 aliphatic rings. The van der Waals surface area contributed by atoms with E-state index >= 15 is 0 Å². The molecule has 0 saturated heterocycles. The Morgan fingerprint density at radius 2 is 0.514 bits per heavy atom. The van der Waals surface area contributed by atoms with Crippen LogP contribution in [-0.4, -0.2) is 0 Å². The average Bonchev–Trinajstić information content (AvgIpc) is 3.84. The zero-order valence-corrected chi connectivity index (χ0v) is 43.2. The zero-order chi connectivity index (χ0) is 48.8. The van der Waals surface area contributed by atoms with E-state index in [1.165, 1.54) is 144 Å². The Morgan fingerprint density at radius 1 is 0.229 bits per heavy atom. The highest BCUT2D eigenvalue weighted by Crippen LogP contribution is 2.64. The summed E-state index contributed by atoms with van der Waals surface area (Å²) in [5.74, 6) is 0. The number of benzene rings is 10. The molecule has 0 saturated carbocycles. The maximum atomic E-state index is 2.49. The largest absolute Gasteiger partial charge is 0.0622 e. The van der Waals surface area contributed by atoms with Crippen LogP contribution in [0.3, 0.4) is 0 Å². The van der Waals surface area contributed by atoms with Crippen LogP contribution in [0.25, 0.3) is 121 Å². The molecular weight excluding hydrogens is 841 g/mol. The predicted octanol–water partition coefficient (Wildman–Crippen LogP) is 20.3. The Bertz CT molecular complexity index is 3500. The van der Waals surface area contributed by atoms with Crippen LogP contribution in [0.1, 0.15) is 105 Å². The molecule has 0 heteroatoms. The van der Waals surface area contributed by atoms with Crippen molar-refractivity contribution in [1.29, 1.82) is 0 Å². The van der Waals surface area contributed by atoms with Gasteiger partial charge in [-0.3, -0.25) is 0 Å². The van der Waals surface area contributed by atoms with Gasteiger partial charge in [0.1, 0.15) is 0 Å². The fourth-order valence-electron chi connectivity index (χ4n) is 11.8. The van der Waals surface area contributed by atoms with E-state index in [0.29, 0.717) is 0 Å². The first-order valence-electron chi connectivity index (χ1n) is 25.5. The van der Waals surface area contributed by atoms with Gasteiger partial charge in [-0.05, 0) is 177 Å². The van der Waals surface area contributed by atoms with Crippen molar-refractivity contribution in [1.82, 2.24) is 0 Å². The van der Waals surface area contributed by atoms with E-state index in [9.17, 15) is 0 Å². The molecule has 0 nitrogen and oxygen atoms in total. The van der Waals surface area contributed by atoms with Crippen LogP contribution in [0.5, 0.6) is 0 Å². The molecule has 0 aliphatic heterocycles. The minimum absolute atomic E-state index is 0.0184. The summed E-state index contributed by atoms with van der Waals surface area (Å²) < 4.78 is 0. The summed E-state index contributed by atoms with van der Waals surface area (Å²) in [4.78, 5) is 0. The topological polar surface area (TPSA) is 0 Å². The van der Waals surface area contributed by atoms with Gasteiger partial charge in [0.15, 0.2) is 0 Å². The highest BCUT2D eigenvalue weighted by atomic mass is 14.4. The molecule has 0 bridgehead atoms. The molecule has 12 rings (SSSR count). The van der Waals surface area contributed by atoms with Gasteiger partial charge in [0, 0.05) is 0 Å². The van der Waals surface area contributed by atoms with E-state index in [1.54, 1.807) is 0 Å². The Balaban J connectivity index is 1.23. The van der Waals surface area contributed by atoms with Crippen molar-refractivity contribution in [3.05, 3.63) is 192 Å². The second-order valence-corrected chi connectivity index (χ2v) is 24.6. The smallest absolute Gasteiger partial charge is 0.000740 e. The fourth-order valence-corrected chi connectivity index (χ4v) is 11.8. The molecule has 10 aromatic carbocycles. The predicted molar refractivity (Wildman–Crippen MR) is 304 cm³/mol. The van der Waals surface area contributed by atoms with E-state index in [4.69, 9.17) is 0 Å². The van der Waals surface area contributed by atoms with Crippen molar-refractivity contribution in [3.63, 3.8) is 0 Å². The minimum Gasteiger partial charge on any atom is -0.0622 e. The Kier molecular flexibility index (Phi) is 9.62. The summed E-state index contributed by atoms with van der Waals surface area (Å²) >= 11 is 0. The molecule has 0 unspecified atom stereocenters. The highest BCUT2D eigenvalue weighted by molar-refractivity contribution is 6.34. The maximum Gasteiger partial charge on any atom is -0.000740 e. The summed E-state index contributed by atoms with van der Waals surface area (Å²) in [5.41, 5.74) is 26.4. The zero-order valence-electron chi connectivity index (χ0n) is 43.2. The Morgan fingerprint density at radius 3 is 0.829 bits per heavy atom. The van der Waals surface area contributed by atoms with Gasteiger partial charge >= 0.3 is 0 Å². The van der Waals surface area contributed by atoms with Crippen LogP contribution in [0.15, 0.2) is 170 Å². The lowest BCUT2D eigenvalue weighted by Crippen LogP contribution is -2.16. The maximum absolute atomic E-state index is 2.49. The van der Waals surface area contributed by atoms with Crippen LogP contribution in [0.4, 0.5) is 0 Å². The summed E-state index contributed by atoms with van der Waals surface area (Å²) in [7, 11) is 0. The molecule has 0 heterocycles. The van der Waals surface area contributed by atoms with Crippen molar-refractivity contribution in [2.45, 2.75) is 105 Å². The molecule has 70 heavy (non-hydrogen) atoms. The Hall–Kier alpha value is -7.02. The molecule has 0 N–H and O–H groups in total. The van der Waals surface area contributed by atoms with E-state index in [2.05, 4.69) is 253 Å². The van der Waals surface area contributed by atoms with Crippen LogP contribution in [0, 0.1) is 0 Å². The average molecular weight is 905 g/mol. The van der Waals surface area contributed by atoms with Crippen molar-refractivity contribution in [2.75, 3.05) is 0 Å². The summed E-state index contributed by atoms with van der Waals surface area (Å²) in [6.07, 6.45) is 0. The lowest BCUT2D eigenvalue weighted by molar-refractivity contribution is 0.568. The lowest BCUT2D eigenvalue weighted by Gasteiger charge is -2.28. The van der Waals surface area contributed by atoms with E-state index in [0.717, 1.165) is 0 Å². The van der Waals surface area contributed by atoms with Gasteiger partial charge in [-0.25, -0.2) is 0 Å². The summed E-state index contributed by atoms with van der Waals surface area (Å²) in [5, 5.41) is 7.83. The van der Waals surface area contributed by atoms with Crippen LogP contribution in [-0.2, 0) is 21.7 Å². The van der Waals surface area contributed by atoms with Gasteiger partial charge < -0.3 is 0 Å². The van der Waals surface area contributed by atoms with Crippen LogP contribution >= 0.6 is 0 Å². The Labute approximate surface area is 416 Å². The number of fused-ring (bicyclic) bond motifs is 8. The van der Waals surface area contributed by atoms with Crippen LogP contribution in [0.2, 0.25) is 0 Å². The third kappa shape index (κ3) is 6.85. The molecule has 10 aromatic rings. The molecule has 344 valence electrons. The van der Waals surface area contributed by atoms with Gasteiger partial charge in [-0.1, -0.05) is 241 Å². The summed E-state index contributed by atoms with van der Waals surface area (Å²) in [6, 6.07) is 65.9. The van der Waals surface area contributed by atoms with Gasteiger partial charge in [-0.15, -0.1) is 0 Å². The van der Waals surface area contributed by atoms with E-state index in [1.807, 2.05) is 0 Å².